The first-order chi connectivity index (χ1) is 9.02. The molecule has 6 heteroatoms. The number of nitrogens with zero attached hydrogens (tertiary/aromatic N) is 1. The Morgan fingerprint density at radius 3 is 2.60 bits per heavy atom. The Morgan fingerprint density at radius 1 is 1.45 bits per heavy atom. The number of aliphatic imine (C=N–C) groups is 1. The van der Waals surface area contributed by atoms with E-state index in [1.807, 2.05) is 13.8 Å². The van der Waals surface area contributed by atoms with Gasteiger partial charge in [-0.3, -0.25) is 0 Å². The standard InChI is InChI=1S/C14H19F2N3.HI/c1-3-8(2)18-14(17)19-12-7-9(12)13-10(15)5-4-6-11(13)16;/h4-6,8-9,12H,3,7H2,1-2H3,(H3,17,18,19);1H. The van der Waals surface area contributed by atoms with E-state index in [1.165, 1.54) is 18.2 Å². The topological polar surface area (TPSA) is 50.4 Å². The second-order valence-corrected chi connectivity index (χ2v) is 5.01. The molecule has 0 heterocycles. The highest BCUT2D eigenvalue weighted by atomic mass is 127. The van der Waals surface area contributed by atoms with Crippen molar-refractivity contribution in [2.45, 2.75) is 44.7 Å². The van der Waals surface area contributed by atoms with Gasteiger partial charge in [-0.15, -0.1) is 24.0 Å². The van der Waals surface area contributed by atoms with Gasteiger partial charge in [0.2, 0.25) is 0 Å². The molecule has 3 N–H and O–H groups in total. The summed E-state index contributed by atoms with van der Waals surface area (Å²) in [6, 6.07) is 4.04. The summed E-state index contributed by atoms with van der Waals surface area (Å²) in [6.45, 7) is 4.04. The predicted octanol–water partition coefficient (Wildman–Crippen LogP) is 3.14. The smallest absolute Gasteiger partial charge is 0.189 e. The molecule has 1 fully saturated rings. The molecule has 1 aliphatic carbocycles. The lowest BCUT2D eigenvalue weighted by Crippen LogP contribution is -2.38. The molecule has 1 aromatic carbocycles. The predicted molar refractivity (Wildman–Crippen MR) is 87.4 cm³/mol. The van der Waals surface area contributed by atoms with Gasteiger partial charge in [-0.2, -0.15) is 0 Å². The first-order valence-electron chi connectivity index (χ1n) is 6.56. The molecule has 2 rings (SSSR count). The minimum atomic E-state index is -0.504. The van der Waals surface area contributed by atoms with Crippen LogP contribution in [-0.4, -0.2) is 18.0 Å². The molecule has 3 nitrogen and oxygen atoms in total. The number of hydrogen-bond acceptors (Lipinski definition) is 1. The molecule has 0 spiro atoms. The third kappa shape index (κ3) is 4.04. The van der Waals surface area contributed by atoms with Crippen molar-refractivity contribution in [3.05, 3.63) is 35.4 Å². The van der Waals surface area contributed by atoms with Crippen molar-refractivity contribution in [2.24, 2.45) is 10.7 Å². The highest BCUT2D eigenvalue weighted by Gasteiger charge is 2.42. The molecule has 3 unspecified atom stereocenters. The zero-order valence-corrected chi connectivity index (χ0v) is 13.9. The maximum Gasteiger partial charge on any atom is 0.189 e. The van der Waals surface area contributed by atoms with E-state index in [1.54, 1.807) is 0 Å². The van der Waals surface area contributed by atoms with Crippen LogP contribution in [0, 0.1) is 11.6 Å². The first kappa shape index (κ1) is 17.1. The fourth-order valence-electron chi connectivity index (χ4n) is 2.07. The fourth-order valence-corrected chi connectivity index (χ4v) is 2.07. The van der Waals surface area contributed by atoms with E-state index < -0.39 is 11.6 Å². The van der Waals surface area contributed by atoms with Crippen molar-refractivity contribution in [3.63, 3.8) is 0 Å². The zero-order chi connectivity index (χ0) is 14.0. The lowest BCUT2D eigenvalue weighted by molar-refractivity contribution is 0.555. The van der Waals surface area contributed by atoms with Gasteiger partial charge in [0.25, 0.3) is 0 Å². The Kier molecular flexibility index (Phi) is 6.16. The molecule has 0 aliphatic heterocycles. The largest absolute Gasteiger partial charge is 0.370 e. The summed E-state index contributed by atoms with van der Waals surface area (Å²) in [5, 5.41) is 3.04. The third-order valence-electron chi connectivity index (χ3n) is 3.44. The molecular weight excluding hydrogens is 375 g/mol. The minimum absolute atomic E-state index is 0. The number of guanidine groups is 1. The van der Waals surface area contributed by atoms with Crippen LogP contribution in [0.15, 0.2) is 23.2 Å². The van der Waals surface area contributed by atoms with E-state index in [2.05, 4.69) is 10.3 Å². The van der Waals surface area contributed by atoms with Gasteiger partial charge in [-0.05, 0) is 31.9 Å². The van der Waals surface area contributed by atoms with E-state index in [0.717, 1.165) is 6.42 Å². The number of benzene rings is 1. The van der Waals surface area contributed by atoms with Crippen LogP contribution in [0.25, 0.3) is 0 Å². The molecule has 112 valence electrons. The van der Waals surface area contributed by atoms with Crippen LogP contribution < -0.4 is 11.1 Å². The minimum Gasteiger partial charge on any atom is -0.370 e. The maximum absolute atomic E-state index is 13.6. The molecule has 1 aliphatic rings. The molecule has 1 saturated carbocycles. The Hall–Kier alpha value is -0.920. The molecular formula is C14H20F2IN3. The van der Waals surface area contributed by atoms with Gasteiger partial charge >= 0.3 is 0 Å². The monoisotopic (exact) mass is 395 g/mol. The molecule has 0 radical (unpaired) electrons. The number of nitrogens with two attached hydrogens (primary N) is 1. The summed E-state index contributed by atoms with van der Waals surface area (Å²) >= 11 is 0. The molecule has 0 amide bonds. The molecule has 1 aromatic rings. The Balaban J connectivity index is 0.00000200. The summed E-state index contributed by atoms with van der Waals surface area (Å²) in [6.07, 6.45) is 1.58. The number of hydrogen-bond donors (Lipinski definition) is 2. The molecule has 0 bridgehead atoms. The Morgan fingerprint density at radius 2 is 2.05 bits per heavy atom. The number of halogens is 3. The van der Waals surface area contributed by atoms with Crippen molar-refractivity contribution in [1.82, 2.24) is 5.32 Å². The molecule has 3 atom stereocenters. The van der Waals surface area contributed by atoms with Crippen LogP contribution in [0.3, 0.4) is 0 Å². The third-order valence-corrected chi connectivity index (χ3v) is 3.44. The van der Waals surface area contributed by atoms with Crippen molar-refractivity contribution < 1.29 is 8.78 Å². The van der Waals surface area contributed by atoms with Gasteiger partial charge in [-0.1, -0.05) is 13.0 Å². The summed E-state index contributed by atoms with van der Waals surface area (Å²) in [4.78, 5) is 4.27. The zero-order valence-electron chi connectivity index (χ0n) is 11.6. The van der Waals surface area contributed by atoms with E-state index in [-0.39, 0.29) is 47.5 Å². The van der Waals surface area contributed by atoms with Crippen molar-refractivity contribution in [2.75, 3.05) is 0 Å². The summed E-state index contributed by atoms with van der Waals surface area (Å²) in [5.41, 5.74) is 5.89. The van der Waals surface area contributed by atoms with Gasteiger partial charge in [-0.25, -0.2) is 13.8 Å². The average molecular weight is 395 g/mol. The second kappa shape index (κ2) is 7.19. The van der Waals surface area contributed by atoms with Crippen molar-refractivity contribution >= 4 is 29.9 Å². The number of rotatable bonds is 4. The van der Waals surface area contributed by atoms with Crippen LogP contribution in [0.1, 0.15) is 38.2 Å². The lowest BCUT2D eigenvalue weighted by atomic mass is 10.1. The SMILES string of the molecule is CCC(C)NC(N)=NC1CC1c1c(F)cccc1F.I. The Bertz CT molecular complexity index is 473. The van der Waals surface area contributed by atoms with E-state index in [9.17, 15) is 8.78 Å². The van der Waals surface area contributed by atoms with Gasteiger partial charge < -0.3 is 11.1 Å². The van der Waals surface area contributed by atoms with Gasteiger partial charge in [0.05, 0.1) is 6.04 Å². The van der Waals surface area contributed by atoms with Gasteiger partial charge in [0.1, 0.15) is 11.6 Å². The van der Waals surface area contributed by atoms with E-state index in [0.29, 0.717) is 12.4 Å². The van der Waals surface area contributed by atoms with Crippen LogP contribution in [0.2, 0.25) is 0 Å². The number of nitrogens with one attached hydrogen (secondary N) is 1. The fraction of sp³-hybridized carbons (Fsp3) is 0.500. The van der Waals surface area contributed by atoms with Crippen LogP contribution >= 0.6 is 24.0 Å². The maximum atomic E-state index is 13.6. The highest BCUT2D eigenvalue weighted by molar-refractivity contribution is 14.0. The van der Waals surface area contributed by atoms with E-state index in [4.69, 9.17) is 5.73 Å². The summed E-state index contributed by atoms with van der Waals surface area (Å²) < 4.78 is 27.2. The Labute approximate surface area is 135 Å². The van der Waals surface area contributed by atoms with Crippen LogP contribution in [0.5, 0.6) is 0 Å². The molecule has 0 saturated heterocycles. The molecule has 0 aromatic heterocycles. The van der Waals surface area contributed by atoms with Crippen LogP contribution in [0.4, 0.5) is 8.78 Å². The summed E-state index contributed by atoms with van der Waals surface area (Å²) in [5.74, 6) is -0.857. The normalized spacial score (nSPS) is 22.9. The molecule has 20 heavy (non-hydrogen) atoms. The quantitative estimate of drug-likeness (QED) is 0.468. The van der Waals surface area contributed by atoms with Gasteiger partial charge in [0, 0.05) is 17.5 Å². The average Bonchev–Trinajstić information content (AvgIpc) is 3.07. The van der Waals surface area contributed by atoms with Crippen molar-refractivity contribution in [1.29, 1.82) is 0 Å². The van der Waals surface area contributed by atoms with Crippen LogP contribution in [-0.2, 0) is 0 Å². The first-order valence-corrected chi connectivity index (χ1v) is 6.56. The van der Waals surface area contributed by atoms with Gasteiger partial charge in [0.15, 0.2) is 5.96 Å². The van der Waals surface area contributed by atoms with E-state index >= 15 is 0 Å². The van der Waals surface area contributed by atoms with Crippen molar-refractivity contribution in [3.8, 4) is 0 Å². The second-order valence-electron chi connectivity index (χ2n) is 5.01. The highest BCUT2D eigenvalue weighted by Crippen LogP contribution is 2.45. The summed E-state index contributed by atoms with van der Waals surface area (Å²) in [7, 11) is 0. The lowest BCUT2D eigenvalue weighted by Gasteiger charge is -2.11.